The van der Waals surface area contributed by atoms with E-state index in [-0.39, 0.29) is 5.56 Å². The van der Waals surface area contributed by atoms with Crippen LogP contribution in [0.2, 0.25) is 0 Å². The Kier molecular flexibility index (Phi) is 3.76. The highest BCUT2D eigenvalue weighted by atomic mass is 16.4. The zero-order valence-electron chi connectivity index (χ0n) is 10.2. The Bertz CT molecular complexity index is 724. The number of fused-ring (bicyclic) bond motifs is 1. The number of hydrogen-bond acceptors (Lipinski definition) is 5. The van der Waals surface area contributed by atoms with Crippen LogP contribution in [0.1, 0.15) is 10.4 Å². The van der Waals surface area contributed by atoms with Crippen molar-refractivity contribution in [2.75, 3.05) is 6.54 Å². The fraction of sp³-hybridized carbons (Fsp3) is 0.167. The molecule has 0 saturated heterocycles. The molecule has 8 nitrogen and oxygen atoms in total. The number of carbonyl (C=O) groups is 2. The fourth-order valence-corrected chi connectivity index (χ4v) is 1.55. The lowest BCUT2D eigenvalue weighted by atomic mass is 10.3. The maximum Gasteiger partial charge on any atom is 0.334 e. The molecule has 8 heteroatoms. The van der Waals surface area contributed by atoms with Crippen molar-refractivity contribution in [1.82, 2.24) is 14.7 Å². The number of carboxylic acid groups (broad SMARTS) is 1. The summed E-state index contributed by atoms with van der Waals surface area (Å²) in [6.45, 7) is -0.495. The van der Waals surface area contributed by atoms with Gasteiger partial charge in [0.1, 0.15) is 11.2 Å². The van der Waals surface area contributed by atoms with Gasteiger partial charge in [-0.3, -0.25) is 14.0 Å². The molecule has 3 N–H and O–H groups in total. The van der Waals surface area contributed by atoms with Gasteiger partial charge >= 0.3 is 5.97 Å². The van der Waals surface area contributed by atoms with E-state index in [2.05, 4.69) is 10.3 Å². The van der Waals surface area contributed by atoms with Crippen molar-refractivity contribution in [3.8, 4) is 0 Å². The number of amides is 1. The zero-order valence-corrected chi connectivity index (χ0v) is 10.2. The van der Waals surface area contributed by atoms with E-state index in [1.54, 1.807) is 18.2 Å². The molecule has 20 heavy (non-hydrogen) atoms. The minimum Gasteiger partial charge on any atom is -0.479 e. The summed E-state index contributed by atoms with van der Waals surface area (Å²) in [6, 6.07) is 4.92. The molecule has 1 atom stereocenters. The SMILES string of the molecule is O=C(NCC(O)C(=O)O)c1cnc2ccccn2c1=O. The van der Waals surface area contributed by atoms with Crippen LogP contribution in [0.25, 0.3) is 5.65 Å². The number of nitrogens with one attached hydrogen (secondary N) is 1. The summed E-state index contributed by atoms with van der Waals surface area (Å²) in [5, 5.41) is 19.7. The van der Waals surface area contributed by atoms with Crippen molar-refractivity contribution in [1.29, 1.82) is 0 Å². The Morgan fingerprint density at radius 1 is 1.40 bits per heavy atom. The van der Waals surface area contributed by atoms with Gasteiger partial charge in [-0.2, -0.15) is 0 Å². The van der Waals surface area contributed by atoms with Gasteiger partial charge in [0.15, 0.2) is 6.10 Å². The first-order valence-corrected chi connectivity index (χ1v) is 5.66. The summed E-state index contributed by atoms with van der Waals surface area (Å²) in [6.07, 6.45) is 0.850. The molecule has 2 aromatic heterocycles. The third-order valence-electron chi connectivity index (χ3n) is 2.60. The number of nitrogens with zero attached hydrogens (tertiary/aromatic N) is 2. The van der Waals surface area contributed by atoms with Crippen LogP contribution in [0.3, 0.4) is 0 Å². The third kappa shape index (κ3) is 2.64. The van der Waals surface area contributed by atoms with E-state index in [1.165, 1.54) is 10.6 Å². The van der Waals surface area contributed by atoms with Crippen molar-refractivity contribution in [3.05, 3.63) is 46.5 Å². The predicted molar refractivity (Wildman–Crippen MR) is 67.4 cm³/mol. The molecule has 0 spiro atoms. The van der Waals surface area contributed by atoms with Gasteiger partial charge < -0.3 is 15.5 Å². The maximum absolute atomic E-state index is 12.0. The number of aromatic nitrogens is 2. The van der Waals surface area contributed by atoms with Gasteiger partial charge in [0.25, 0.3) is 11.5 Å². The van der Waals surface area contributed by atoms with Crippen LogP contribution in [0, 0.1) is 0 Å². The van der Waals surface area contributed by atoms with Crippen LogP contribution in [0.5, 0.6) is 0 Å². The predicted octanol–water partition coefficient (Wildman–Crippen LogP) is -1.13. The van der Waals surface area contributed by atoms with E-state index < -0.39 is 30.1 Å². The lowest BCUT2D eigenvalue weighted by Crippen LogP contribution is -2.39. The lowest BCUT2D eigenvalue weighted by molar-refractivity contribution is -0.146. The Morgan fingerprint density at radius 3 is 2.85 bits per heavy atom. The molecule has 0 saturated carbocycles. The Morgan fingerprint density at radius 2 is 2.15 bits per heavy atom. The van der Waals surface area contributed by atoms with E-state index in [0.29, 0.717) is 5.65 Å². The number of aliphatic hydroxyl groups excluding tert-OH is 1. The van der Waals surface area contributed by atoms with Crippen molar-refractivity contribution < 1.29 is 19.8 Å². The molecular formula is C12H11N3O5. The number of pyridine rings is 1. The highest BCUT2D eigenvalue weighted by Crippen LogP contribution is 1.97. The number of rotatable bonds is 4. The standard InChI is InChI=1S/C12H11N3O5/c16-8(12(19)20)6-14-10(17)7-5-13-9-3-1-2-4-15(9)11(7)18/h1-5,8,16H,6H2,(H,14,17)(H,19,20). The van der Waals surface area contributed by atoms with Crippen molar-refractivity contribution in [2.45, 2.75) is 6.10 Å². The molecule has 1 unspecified atom stereocenters. The Balaban J connectivity index is 2.25. The van der Waals surface area contributed by atoms with Gasteiger partial charge in [-0.25, -0.2) is 9.78 Å². The van der Waals surface area contributed by atoms with E-state index in [0.717, 1.165) is 6.20 Å². The van der Waals surface area contributed by atoms with Crippen molar-refractivity contribution >= 4 is 17.5 Å². The van der Waals surface area contributed by atoms with Crippen molar-refractivity contribution in [2.24, 2.45) is 0 Å². The summed E-state index contributed by atoms with van der Waals surface area (Å²) in [5.74, 6) is -2.25. The Labute approximate surface area is 112 Å². The van der Waals surface area contributed by atoms with E-state index in [1.807, 2.05) is 0 Å². The largest absolute Gasteiger partial charge is 0.479 e. The first-order valence-electron chi connectivity index (χ1n) is 5.66. The Hall–Kier alpha value is -2.74. The van der Waals surface area contributed by atoms with Crippen LogP contribution >= 0.6 is 0 Å². The maximum atomic E-state index is 12.0. The number of aliphatic carboxylic acids is 1. The first kappa shape index (κ1) is 13.7. The second-order valence-corrected chi connectivity index (χ2v) is 3.97. The van der Waals surface area contributed by atoms with Gasteiger partial charge in [0.05, 0.1) is 6.54 Å². The highest BCUT2D eigenvalue weighted by Gasteiger charge is 2.17. The van der Waals surface area contributed by atoms with Crippen LogP contribution < -0.4 is 10.9 Å². The number of carboxylic acids is 1. The first-order chi connectivity index (χ1) is 9.50. The fourth-order valence-electron chi connectivity index (χ4n) is 1.55. The summed E-state index contributed by atoms with van der Waals surface area (Å²) in [5.41, 5.74) is -0.413. The topological polar surface area (TPSA) is 121 Å². The highest BCUT2D eigenvalue weighted by molar-refractivity contribution is 5.94. The number of carbonyl (C=O) groups excluding carboxylic acids is 1. The van der Waals surface area contributed by atoms with E-state index in [4.69, 9.17) is 10.2 Å². The quantitative estimate of drug-likeness (QED) is 0.650. The van der Waals surface area contributed by atoms with E-state index in [9.17, 15) is 14.4 Å². The summed E-state index contributed by atoms with van der Waals surface area (Å²) >= 11 is 0. The number of aliphatic hydroxyl groups is 1. The monoisotopic (exact) mass is 277 g/mol. The smallest absolute Gasteiger partial charge is 0.334 e. The summed E-state index contributed by atoms with van der Waals surface area (Å²) in [4.78, 5) is 38.2. The van der Waals surface area contributed by atoms with Gasteiger partial charge in [0, 0.05) is 12.4 Å². The third-order valence-corrected chi connectivity index (χ3v) is 2.60. The van der Waals surface area contributed by atoms with Gasteiger partial charge in [0.2, 0.25) is 0 Å². The molecule has 0 bridgehead atoms. The molecule has 0 aliphatic carbocycles. The van der Waals surface area contributed by atoms with Gasteiger partial charge in [-0.1, -0.05) is 6.07 Å². The van der Waals surface area contributed by atoms with Gasteiger partial charge in [-0.15, -0.1) is 0 Å². The minimum absolute atomic E-state index is 0.230. The minimum atomic E-state index is -1.73. The van der Waals surface area contributed by atoms with Crippen LogP contribution in [0.15, 0.2) is 35.4 Å². The molecule has 104 valence electrons. The van der Waals surface area contributed by atoms with Crippen molar-refractivity contribution in [3.63, 3.8) is 0 Å². The summed E-state index contributed by atoms with van der Waals surface area (Å²) in [7, 11) is 0. The second kappa shape index (κ2) is 5.49. The second-order valence-electron chi connectivity index (χ2n) is 3.97. The molecule has 0 aliphatic rings. The summed E-state index contributed by atoms with van der Waals surface area (Å²) < 4.78 is 1.20. The molecule has 2 rings (SSSR count). The average molecular weight is 277 g/mol. The average Bonchev–Trinajstić information content (AvgIpc) is 2.45. The van der Waals surface area contributed by atoms with Crippen LogP contribution in [0.4, 0.5) is 0 Å². The molecule has 0 aromatic carbocycles. The number of hydrogen-bond donors (Lipinski definition) is 3. The zero-order chi connectivity index (χ0) is 14.7. The molecule has 2 aromatic rings. The molecular weight excluding hydrogens is 266 g/mol. The molecule has 0 radical (unpaired) electrons. The molecule has 2 heterocycles. The van der Waals surface area contributed by atoms with Crippen LogP contribution in [-0.4, -0.2) is 44.1 Å². The van der Waals surface area contributed by atoms with Crippen LogP contribution in [-0.2, 0) is 4.79 Å². The lowest BCUT2D eigenvalue weighted by Gasteiger charge is -2.08. The molecule has 1 amide bonds. The normalized spacial score (nSPS) is 12.1. The molecule has 0 aliphatic heterocycles. The van der Waals surface area contributed by atoms with E-state index >= 15 is 0 Å². The molecule has 0 fully saturated rings. The van der Waals surface area contributed by atoms with Gasteiger partial charge in [-0.05, 0) is 12.1 Å².